The number of ether oxygens (including phenoxy) is 1. The third kappa shape index (κ3) is 5.37. The Labute approximate surface area is 195 Å². The summed E-state index contributed by atoms with van der Waals surface area (Å²) in [5.74, 6) is 0.279. The van der Waals surface area contributed by atoms with E-state index in [1.54, 1.807) is 24.3 Å². The summed E-state index contributed by atoms with van der Waals surface area (Å²) in [5.41, 5.74) is 0.681. The summed E-state index contributed by atoms with van der Waals surface area (Å²) in [6.45, 7) is 2.17. The molecule has 4 rings (SSSR count). The molecule has 1 amide bonds. The number of carbonyl (C=O) groups is 1. The lowest BCUT2D eigenvalue weighted by Crippen LogP contribution is -2.45. The molecule has 1 aliphatic carbocycles. The molecule has 0 unspecified atom stereocenters. The van der Waals surface area contributed by atoms with Gasteiger partial charge in [-0.1, -0.05) is 55.7 Å². The van der Waals surface area contributed by atoms with Crippen LogP contribution in [0.5, 0.6) is 5.75 Å². The van der Waals surface area contributed by atoms with Crippen LogP contribution < -0.4 is 10.1 Å². The van der Waals surface area contributed by atoms with Crippen molar-refractivity contribution in [1.29, 1.82) is 0 Å². The fourth-order valence-corrected chi connectivity index (χ4v) is 6.10. The van der Waals surface area contributed by atoms with Crippen molar-refractivity contribution in [2.75, 3.05) is 18.5 Å². The Balaban J connectivity index is 1.59. The molecule has 7 heteroatoms. The van der Waals surface area contributed by atoms with Gasteiger partial charge in [0.05, 0.1) is 18.0 Å². The highest BCUT2D eigenvalue weighted by Crippen LogP contribution is 2.29. The lowest BCUT2D eigenvalue weighted by atomic mass is 9.95. The molecule has 0 heterocycles. The van der Waals surface area contributed by atoms with Gasteiger partial charge in [0.25, 0.3) is 0 Å². The predicted molar refractivity (Wildman–Crippen MR) is 131 cm³/mol. The smallest absolute Gasteiger partial charge is 0.243 e. The summed E-state index contributed by atoms with van der Waals surface area (Å²) >= 11 is 0. The zero-order chi connectivity index (χ0) is 23.3. The predicted octanol–water partition coefficient (Wildman–Crippen LogP) is 5.20. The molecule has 0 saturated heterocycles. The first kappa shape index (κ1) is 23.3. The summed E-state index contributed by atoms with van der Waals surface area (Å²) in [6, 6.07) is 19.7. The number of fused-ring (bicyclic) bond motifs is 1. The standard InChI is InChI=1S/C26H30N2O4S/c1-2-32-22-15-17-23(18-16-22)33(30,31)28(21-11-4-3-5-12-21)19-26(29)27-25-14-8-10-20-9-6-7-13-24(20)25/h6-10,13-18,21H,2-5,11-12,19H2,1H3,(H,27,29). The van der Waals surface area contributed by atoms with Crippen molar-refractivity contribution in [1.82, 2.24) is 4.31 Å². The Morgan fingerprint density at radius 2 is 1.67 bits per heavy atom. The number of carbonyl (C=O) groups excluding carboxylic acids is 1. The number of hydrogen-bond acceptors (Lipinski definition) is 4. The molecule has 0 spiro atoms. The highest BCUT2D eigenvalue weighted by Gasteiger charge is 2.34. The maximum Gasteiger partial charge on any atom is 0.243 e. The number of anilines is 1. The van der Waals surface area contributed by atoms with Crippen molar-refractivity contribution in [3.63, 3.8) is 0 Å². The first-order valence-corrected chi connectivity index (χ1v) is 13.0. The molecule has 174 valence electrons. The fraction of sp³-hybridized carbons (Fsp3) is 0.346. The maximum atomic E-state index is 13.6. The summed E-state index contributed by atoms with van der Waals surface area (Å²) in [6.07, 6.45) is 4.54. The van der Waals surface area contributed by atoms with E-state index in [4.69, 9.17) is 4.74 Å². The molecule has 0 bridgehead atoms. The Morgan fingerprint density at radius 1 is 0.970 bits per heavy atom. The summed E-state index contributed by atoms with van der Waals surface area (Å²) in [5, 5.41) is 4.88. The number of benzene rings is 3. The van der Waals surface area contributed by atoms with E-state index in [0.29, 0.717) is 18.0 Å². The number of hydrogen-bond donors (Lipinski definition) is 1. The first-order valence-electron chi connectivity index (χ1n) is 11.5. The van der Waals surface area contributed by atoms with Crippen LogP contribution in [0.2, 0.25) is 0 Å². The summed E-state index contributed by atoms with van der Waals surface area (Å²) in [7, 11) is -3.85. The van der Waals surface area contributed by atoms with Crippen LogP contribution in [-0.2, 0) is 14.8 Å². The van der Waals surface area contributed by atoms with E-state index in [9.17, 15) is 13.2 Å². The van der Waals surface area contributed by atoms with Crippen molar-refractivity contribution in [2.24, 2.45) is 0 Å². The monoisotopic (exact) mass is 466 g/mol. The molecule has 0 radical (unpaired) electrons. The van der Waals surface area contributed by atoms with Gasteiger partial charge in [0.2, 0.25) is 15.9 Å². The Kier molecular flexibility index (Phi) is 7.30. The average Bonchev–Trinajstić information content (AvgIpc) is 2.84. The molecular weight excluding hydrogens is 436 g/mol. The highest BCUT2D eigenvalue weighted by atomic mass is 32.2. The molecule has 33 heavy (non-hydrogen) atoms. The third-order valence-electron chi connectivity index (χ3n) is 6.09. The molecule has 6 nitrogen and oxygen atoms in total. The van der Waals surface area contributed by atoms with Gasteiger partial charge in [-0.3, -0.25) is 4.79 Å². The molecule has 1 aliphatic rings. The Hall–Kier alpha value is -2.90. The van der Waals surface area contributed by atoms with E-state index in [2.05, 4.69) is 5.32 Å². The number of nitrogens with zero attached hydrogens (tertiary/aromatic N) is 1. The summed E-state index contributed by atoms with van der Waals surface area (Å²) < 4.78 is 34.0. The molecule has 3 aromatic rings. The van der Waals surface area contributed by atoms with E-state index in [1.807, 2.05) is 49.4 Å². The van der Waals surface area contributed by atoms with Crippen LogP contribution in [0.4, 0.5) is 5.69 Å². The SMILES string of the molecule is CCOc1ccc(S(=O)(=O)N(CC(=O)Nc2cccc3ccccc23)C2CCCCC2)cc1. The zero-order valence-corrected chi connectivity index (χ0v) is 19.7. The lowest BCUT2D eigenvalue weighted by molar-refractivity contribution is -0.116. The average molecular weight is 467 g/mol. The van der Waals surface area contributed by atoms with Gasteiger partial charge in [-0.05, 0) is 55.5 Å². The van der Waals surface area contributed by atoms with Gasteiger partial charge in [-0.25, -0.2) is 8.42 Å². The summed E-state index contributed by atoms with van der Waals surface area (Å²) in [4.78, 5) is 13.3. The second-order valence-electron chi connectivity index (χ2n) is 8.32. The van der Waals surface area contributed by atoms with E-state index in [0.717, 1.165) is 42.9 Å². The number of sulfonamides is 1. The van der Waals surface area contributed by atoms with E-state index in [-0.39, 0.29) is 23.4 Å². The van der Waals surface area contributed by atoms with Crippen LogP contribution in [0.1, 0.15) is 39.0 Å². The molecule has 0 atom stereocenters. The van der Waals surface area contributed by atoms with Crippen LogP contribution in [0.15, 0.2) is 71.6 Å². The van der Waals surface area contributed by atoms with Gasteiger partial charge in [-0.2, -0.15) is 4.31 Å². The number of amides is 1. The van der Waals surface area contributed by atoms with Crippen LogP contribution >= 0.6 is 0 Å². The molecule has 3 aromatic carbocycles. The normalized spacial score (nSPS) is 15.0. The van der Waals surface area contributed by atoms with Gasteiger partial charge in [-0.15, -0.1) is 0 Å². The van der Waals surface area contributed by atoms with Crippen LogP contribution in [0.25, 0.3) is 10.8 Å². The van der Waals surface area contributed by atoms with Gasteiger partial charge in [0.15, 0.2) is 0 Å². The minimum Gasteiger partial charge on any atom is -0.494 e. The fourth-order valence-electron chi connectivity index (χ4n) is 4.45. The zero-order valence-electron chi connectivity index (χ0n) is 18.9. The van der Waals surface area contributed by atoms with E-state index in [1.165, 1.54) is 4.31 Å². The molecular formula is C26H30N2O4S. The quantitative estimate of drug-likeness (QED) is 0.495. The number of rotatable bonds is 8. The van der Waals surface area contributed by atoms with E-state index < -0.39 is 10.0 Å². The second kappa shape index (κ2) is 10.4. The number of nitrogens with one attached hydrogen (secondary N) is 1. The van der Waals surface area contributed by atoms with Gasteiger partial charge >= 0.3 is 0 Å². The minimum atomic E-state index is -3.85. The second-order valence-corrected chi connectivity index (χ2v) is 10.2. The van der Waals surface area contributed by atoms with Crippen molar-refractivity contribution >= 4 is 32.4 Å². The molecule has 0 aromatic heterocycles. The molecule has 1 fully saturated rings. The minimum absolute atomic E-state index is 0.175. The maximum absolute atomic E-state index is 13.6. The Bertz CT molecular complexity index is 1200. The van der Waals surface area contributed by atoms with Crippen LogP contribution in [-0.4, -0.2) is 37.8 Å². The van der Waals surface area contributed by atoms with Gasteiger partial charge < -0.3 is 10.1 Å². The first-order chi connectivity index (χ1) is 16.0. The lowest BCUT2D eigenvalue weighted by Gasteiger charge is -2.33. The highest BCUT2D eigenvalue weighted by molar-refractivity contribution is 7.89. The Morgan fingerprint density at radius 3 is 2.39 bits per heavy atom. The van der Waals surface area contributed by atoms with Gasteiger partial charge in [0, 0.05) is 17.1 Å². The molecule has 1 N–H and O–H groups in total. The molecule has 1 saturated carbocycles. The van der Waals surface area contributed by atoms with Crippen molar-refractivity contribution < 1.29 is 17.9 Å². The van der Waals surface area contributed by atoms with Crippen LogP contribution in [0.3, 0.4) is 0 Å². The van der Waals surface area contributed by atoms with Crippen molar-refractivity contribution in [2.45, 2.75) is 50.0 Å². The molecule has 0 aliphatic heterocycles. The van der Waals surface area contributed by atoms with Crippen LogP contribution in [0, 0.1) is 0 Å². The van der Waals surface area contributed by atoms with Crippen molar-refractivity contribution in [3.8, 4) is 5.75 Å². The largest absolute Gasteiger partial charge is 0.494 e. The van der Waals surface area contributed by atoms with E-state index >= 15 is 0 Å². The van der Waals surface area contributed by atoms with Crippen molar-refractivity contribution in [3.05, 3.63) is 66.7 Å². The topological polar surface area (TPSA) is 75.7 Å². The third-order valence-corrected chi connectivity index (χ3v) is 8.00. The van der Waals surface area contributed by atoms with Gasteiger partial charge in [0.1, 0.15) is 5.75 Å².